The van der Waals surface area contributed by atoms with Crippen molar-refractivity contribution in [3.8, 4) is 5.75 Å². The van der Waals surface area contributed by atoms with Crippen molar-refractivity contribution < 1.29 is 14.3 Å². The zero-order chi connectivity index (χ0) is 18.4. The lowest BCUT2D eigenvalue weighted by Gasteiger charge is -2.22. The van der Waals surface area contributed by atoms with E-state index in [4.69, 9.17) is 9.47 Å². The standard InChI is InChI=1S/C18H25N5O3/c1-13-11-15(26-10-9-25-2)3-4-16(13)20-18(24)17-12-23(22-21-17)14-5-7-19-8-6-14/h3-4,11-12,14,19H,5-10H2,1-2H3,(H,20,24). The third kappa shape index (κ3) is 4.59. The molecule has 0 spiro atoms. The first-order valence-electron chi connectivity index (χ1n) is 8.83. The van der Waals surface area contributed by atoms with Gasteiger partial charge in [0.2, 0.25) is 0 Å². The molecule has 1 aliphatic heterocycles. The van der Waals surface area contributed by atoms with E-state index in [1.807, 2.05) is 25.1 Å². The average molecular weight is 359 g/mol. The summed E-state index contributed by atoms with van der Waals surface area (Å²) < 4.78 is 12.3. The van der Waals surface area contributed by atoms with Crippen LogP contribution in [0.4, 0.5) is 5.69 Å². The van der Waals surface area contributed by atoms with Crippen LogP contribution in [0.15, 0.2) is 24.4 Å². The first-order chi connectivity index (χ1) is 12.7. The Kier molecular flexibility index (Phi) is 6.19. The van der Waals surface area contributed by atoms with Gasteiger partial charge in [-0.15, -0.1) is 5.10 Å². The highest BCUT2D eigenvalue weighted by atomic mass is 16.5. The van der Waals surface area contributed by atoms with E-state index in [9.17, 15) is 4.79 Å². The van der Waals surface area contributed by atoms with Crippen molar-refractivity contribution in [2.45, 2.75) is 25.8 Å². The lowest BCUT2D eigenvalue weighted by Crippen LogP contribution is -2.29. The molecular weight excluding hydrogens is 334 g/mol. The number of aryl methyl sites for hydroxylation is 1. The zero-order valence-corrected chi connectivity index (χ0v) is 15.2. The van der Waals surface area contributed by atoms with Gasteiger partial charge in [-0.2, -0.15) is 0 Å². The summed E-state index contributed by atoms with van der Waals surface area (Å²) in [5.74, 6) is 0.482. The van der Waals surface area contributed by atoms with Crippen molar-refractivity contribution in [2.24, 2.45) is 0 Å². The highest BCUT2D eigenvalue weighted by molar-refractivity contribution is 6.03. The summed E-state index contributed by atoms with van der Waals surface area (Å²) in [5.41, 5.74) is 1.97. The summed E-state index contributed by atoms with van der Waals surface area (Å²) in [7, 11) is 1.63. The number of nitrogens with zero attached hydrogens (tertiary/aromatic N) is 3. The maximum absolute atomic E-state index is 12.5. The SMILES string of the molecule is COCCOc1ccc(NC(=O)c2cn(C3CCNCC3)nn2)c(C)c1. The largest absolute Gasteiger partial charge is 0.491 e. The van der Waals surface area contributed by atoms with Crippen LogP contribution in [0.1, 0.15) is 34.9 Å². The molecule has 2 N–H and O–H groups in total. The maximum Gasteiger partial charge on any atom is 0.277 e. The topological polar surface area (TPSA) is 90.3 Å². The highest BCUT2D eigenvalue weighted by Crippen LogP contribution is 2.22. The molecule has 2 heterocycles. The minimum atomic E-state index is -0.263. The minimum Gasteiger partial charge on any atom is -0.491 e. The van der Waals surface area contributed by atoms with Crippen molar-refractivity contribution in [3.05, 3.63) is 35.7 Å². The van der Waals surface area contributed by atoms with Crippen molar-refractivity contribution in [2.75, 3.05) is 38.7 Å². The fourth-order valence-electron chi connectivity index (χ4n) is 2.93. The second-order valence-corrected chi connectivity index (χ2v) is 6.34. The van der Waals surface area contributed by atoms with Crippen LogP contribution in [-0.4, -0.2) is 54.3 Å². The summed E-state index contributed by atoms with van der Waals surface area (Å²) >= 11 is 0. The fraction of sp³-hybridized carbons (Fsp3) is 0.500. The van der Waals surface area contributed by atoms with E-state index in [2.05, 4.69) is 20.9 Å². The highest BCUT2D eigenvalue weighted by Gasteiger charge is 2.19. The summed E-state index contributed by atoms with van der Waals surface area (Å²) in [4.78, 5) is 12.5. The number of nitrogens with one attached hydrogen (secondary N) is 2. The van der Waals surface area contributed by atoms with Crippen LogP contribution in [0.3, 0.4) is 0 Å². The van der Waals surface area contributed by atoms with Gasteiger partial charge in [-0.1, -0.05) is 5.21 Å². The second-order valence-electron chi connectivity index (χ2n) is 6.34. The number of ether oxygens (including phenoxy) is 2. The fourth-order valence-corrected chi connectivity index (χ4v) is 2.93. The molecule has 1 aromatic heterocycles. The molecule has 0 atom stereocenters. The number of rotatable bonds is 7. The van der Waals surface area contributed by atoms with Gasteiger partial charge in [-0.05, 0) is 56.6 Å². The van der Waals surface area contributed by atoms with E-state index < -0.39 is 0 Å². The Balaban J connectivity index is 1.61. The minimum absolute atomic E-state index is 0.263. The van der Waals surface area contributed by atoms with Gasteiger partial charge in [0.15, 0.2) is 5.69 Å². The summed E-state index contributed by atoms with van der Waals surface area (Å²) in [6.07, 6.45) is 3.71. The first kappa shape index (κ1) is 18.3. The molecule has 0 saturated carbocycles. The van der Waals surface area contributed by atoms with Crippen LogP contribution in [0.25, 0.3) is 0 Å². The van der Waals surface area contributed by atoms with E-state index in [0.717, 1.165) is 42.9 Å². The third-order valence-electron chi connectivity index (χ3n) is 4.43. The van der Waals surface area contributed by atoms with E-state index in [-0.39, 0.29) is 5.91 Å². The van der Waals surface area contributed by atoms with Crippen molar-refractivity contribution in [1.82, 2.24) is 20.3 Å². The molecule has 0 unspecified atom stereocenters. The third-order valence-corrected chi connectivity index (χ3v) is 4.43. The molecule has 8 nitrogen and oxygen atoms in total. The zero-order valence-electron chi connectivity index (χ0n) is 15.2. The Bertz CT molecular complexity index is 740. The molecule has 3 rings (SSSR count). The van der Waals surface area contributed by atoms with E-state index >= 15 is 0 Å². The number of amides is 1. The van der Waals surface area contributed by atoms with Gasteiger partial charge in [0, 0.05) is 12.8 Å². The van der Waals surface area contributed by atoms with Gasteiger partial charge < -0.3 is 20.1 Å². The normalized spacial score (nSPS) is 15.0. The number of carbonyl (C=O) groups excluding carboxylic acids is 1. The van der Waals surface area contributed by atoms with E-state index in [1.54, 1.807) is 18.0 Å². The number of benzene rings is 1. The molecule has 0 radical (unpaired) electrons. The Hall–Kier alpha value is -2.45. The monoisotopic (exact) mass is 359 g/mol. The Morgan fingerprint density at radius 2 is 2.15 bits per heavy atom. The van der Waals surface area contributed by atoms with Crippen LogP contribution < -0.4 is 15.4 Å². The molecule has 1 aliphatic rings. The van der Waals surface area contributed by atoms with Gasteiger partial charge in [-0.3, -0.25) is 4.79 Å². The number of hydrogen-bond donors (Lipinski definition) is 2. The number of methoxy groups -OCH3 is 1. The number of hydrogen-bond acceptors (Lipinski definition) is 6. The first-order valence-corrected chi connectivity index (χ1v) is 8.83. The van der Waals surface area contributed by atoms with Crippen LogP contribution in [0, 0.1) is 6.92 Å². The molecule has 1 aromatic carbocycles. The van der Waals surface area contributed by atoms with Gasteiger partial charge in [0.1, 0.15) is 12.4 Å². The predicted molar refractivity (Wildman–Crippen MR) is 97.7 cm³/mol. The van der Waals surface area contributed by atoms with Crippen molar-refractivity contribution in [1.29, 1.82) is 0 Å². The molecule has 1 saturated heterocycles. The molecule has 140 valence electrons. The molecule has 1 fully saturated rings. The van der Waals surface area contributed by atoms with E-state index in [1.165, 1.54) is 0 Å². The van der Waals surface area contributed by atoms with Crippen LogP contribution in [-0.2, 0) is 4.74 Å². The quantitative estimate of drug-likeness (QED) is 0.733. The van der Waals surface area contributed by atoms with Gasteiger partial charge in [0.05, 0.1) is 18.8 Å². The number of piperidine rings is 1. The van der Waals surface area contributed by atoms with Crippen LogP contribution >= 0.6 is 0 Å². The maximum atomic E-state index is 12.5. The number of carbonyl (C=O) groups is 1. The smallest absolute Gasteiger partial charge is 0.277 e. The number of aromatic nitrogens is 3. The van der Waals surface area contributed by atoms with Gasteiger partial charge >= 0.3 is 0 Å². The summed E-state index contributed by atoms with van der Waals surface area (Å²) in [6.45, 7) is 4.87. The molecule has 26 heavy (non-hydrogen) atoms. The molecule has 0 aliphatic carbocycles. The van der Waals surface area contributed by atoms with E-state index in [0.29, 0.717) is 24.9 Å². The summed E-state index contributed by atoms with van der Waals surface area (Å²) in [6, 6.07) is 5.84. The Morgan fingerprint density at radius 3 is 2.88 bits per heavy atom. The number of anilines is 1. The van der Waals surface area contributed by atoms with Crippen molar-refractivity contribution >= 4 is 11.6 Å². The second kappa shape index (κ2) is 8.77. The molecule has 0 bridgehead atoms. The Labute approximate surface area is 152 Å². The Morgan fingerprint density at radius 1 is 1.35 bits per heavy atom. The average Bonchev–Trinajstić information content (AvgIpc) is 3.15. The lowest BCUT2D eigenvalue weighted by atomic mass is 10.1. The molecule has 2 aromatic rings. The van der Waals surface area contributed by atoms with Crippen LogP contribution in [0.5, 0.6) is 5.75 Å². The molecular formula is C18H25N5O3. The summed E-state index contributed by atoms with van der Waals surface area (Å²) in [5, 5.41) is 14.4. The molecule has 8 heteroatoms. The van der Waals surface area contributed by atoms with Crippen LogP contribution in [0.2, 0.25) is 0 Å². The van der Waals surface area contributed by atoms with Gasteiger partial charge in [-0.25, -0.2) is 4.68 Å². The van der Waals surface area contributed by atoms with Gasteiger partial charge in [0.25, 0.3) is 5.91 Å². The molecule has 1 amide bonds. The predicted octanol–water partition coefficient (Wildman–Crippen LogP) is 1.79. The van der Waals surface area contributed by atoms with Crippen molar-refractivity contribution in [3.63, 3.8) is 0 Å². The lowest BCUT2D eigenvalue weighted by molar-refractivity contribution is 0.102.